The van der Waals surface area contributed by atoms with Crippen LogP contribution in [0.15, 0.2) is 47.4 Å². The van der Waals surface area contributed by atoms with Crippen molar-refractivity contribution in [2.24, 2.45) is 0 Å². The Bertz CT molecular complexity index is 771. The number of hydrogen-bond donors (Lipinski definition) is 2. The number of alkyl halides is 2. The maximum absolute atomic E-state index is 12.6. The monoisotopic (exact) mass is 353 g/mol. The third-order valence-electron chi connectivity index (χ3n) is 3.08. The number of nitro benzene ring substituents is 1. The summed E-state index contributed by atoms with van der Waals surface area (Å²) in [5.41, 5.74) is 0.288. The number of nitrogens with one attached hydrogen (secondary N) is 2. The standard InChI is InChI=1S/C15H13F2N3O3S/c1-18-10-7-6-9(8-12(10)20(22)23)14(21)19-11-4-2-3-5-13(11)24-15(16)17/h2-8,15,18H,1H3,(H,19,21). The molecule has 126 valence electrons. The number of halogens is 2. The molecule has 0 aliphatic heterocycles. The Morgan fingerprint density at radius 2 is 1.92 bits per heavy atom. The van der Waals surface area contributed by atoms with Crippen molar-refractivity contribution in [3.05, 3.63) is 58.1 Å². The Hall–Kier alpha value is -2.68. The van der Waals surface area contributed by atoms with Crippen molar-refractivity contribution >= 4 is 34.7 Å². The Morgan fingerprint density at radius 1 is 1.21 bits per heavy atom. The third kappa shape index (κ3) is 4.19. The number of amides is 1. The first-order valence-electron chi connectivity index (χ1n) is 6.73. The molecule has 2 aromatic rings. The highest BCUT2D eigenvalue weighted by Gasteiger charge is 2.18. The molecule has 0 spiro atoms. The predicted molar refractivity (Wildman–Crippen MR) is 88.9 cm³/mol. The lowest BCUT2D eigenvalue weighted by Gasteiger charge is -2.11. The van der Waals surface area contributed by atoms with Crippen LogP contribution in [0.2, 0.25) is 0 Å². The van der Waals surface area contributed by atoms with E-state index in [9.17, 15) is 23.7 Å². The van der Waals surface area contributed by atoms with Gasteiger partial charge in [-0.05, 0) is 24.3 Å². The van der Waals surface area contributed by atoms with Gasteiger partial charge in [0, 0.05) is 23.6 Å². The second-order valence-corrected chi connectivity index (χ2v) is 5.60. The van der Waals surface area contributed by atoms with Gasteiger partial charge in [0.2, 0.25) is 0 Å². The van der Waals surface area contributed by atoms with Crippen molar-refractivity contribution in [2.45, 2.75) is 10.7 Å². The zero-order valence-corrected chi connectivity index (χ0v) is 13.3. The van der Waals surface area contributed by atoms with Gasteiger partial charge in [0.15, 0.2) is 0 Å². The molecule has 0 bridgehead atoms. The van der Waals surface area contributed by atoms with Crippen molar-refractivity contribution in [1.82, 2.24) is 0 Å². The zero-order valence-electron chi connectivity index (χ0n) is 12.5. The van der Waals surface area contributed by atoms with Crippen LogP contribution in [0.4, 0.5) is 25.8 Å². The molecule has 9 heteroatoms. The van der Waals surface area contributed by atoms with Crippen molar-refractivity contribution in [1.29, 1.82) is 0 Å². The van der Waals surface area contributed by atoms with E-state index in [0.29, 0.717) is 11.8 Å². The highest BCUT2D eigenvalue weighted by molar-refractivity contribution is 7.99. The lowest BCUT2D eigenvalue weighted by Crippen LogP contribution is -2.13. The molecule has 0 aromatic heterocycles. The molecule has 0 atom stereocenters. The maximum atomic E-state index is 12.6. The number of nitrogens with zero attached hydrogens (tertiary/aromatic N) is 1. The molecule has 2 N–H and O–H groups in total. The van der Waals surface area contributed by atoms with Crippen LogP contribution in [-0.2, 0) is 0 Å². The Kier molecular flexibility index (Phi) is 5.69. The molecule has 1 amide bonds. The average Bonchev–Trinajstić information content (AvgIpc) is 2.55. The fourth-order valence-electron chi connectivity index (χ4n) is 2.00. The van der Waals surface area contributed by atoms with E-state index in [1.54, 1.807) is 12.1 Å². The zero-order chi connectivity index (χ0) is 17.7. The molecule has 0 saturated carbocycles. The molecule has 0 saturated heterocycles. The van der Waals surface area contributed by atoms with Gasteiger partial charge < -0.3 is 10.6 Å². The quantitative estimate of drug-likeness (QED) is 0.462. The maximum Gasteiger partial charge on any atom is 0.293 e. The number of benzene rings is 2. The molecular weight excluding hydrogens is 340 g/mol. The normalized spacial score (nSPS) is 10.5. The summed E-state index contributed by atoms with van der Waals surface area (Å²) < 4.78 is 25.1. The number of carbonyl (C=O) groups excluding carboxylic acids is 1. The first-order valence-corrected chi connectivity index (χ1v) is 7.61. The minimum atomic E-state index is -2.63. The van der Waals surface area contributed by atoms with Crippen molar-refractivity contribution < 1.29 is 18.5 Å². The molecule has 0 heterocycles. The molecular formula is C15H13F2N3O3S. The lowest BCUT2D eigenvalue weighted by molar-refractivity contribution is -0.384. The fourth-order valence-corrected chi connectivity index (χ4v) is 2.59. The molecule has 2 aromatic carbocycles. The largest absolute Gasteiger partial charge is 0.383 e. The smallest absolute Gasteiger partial charge is 0.293 e. The van der Waals surface area contributed by atoms with Gasteiger partial charge in [-0.1, -0.05) is 23.9 Å². The second-order valence-electron chi connectivity index (χ2n) is 4.57. The SMILES string of the molecule is CNc1ccc(C(=O)Nc2ccccc2SC(F)F)cc1[N+](=O)[O-]. The number of anilines is 2. The third-order valence-corrected chi connectivity index (χ3v) is 3.87. The highest BCUT2D eigenvalue weighted by atomic mass is 32.2. The van der Waals surface area contributed by atoms with E-state index in [1.165, 1.54) is 31.3 Å². The van der Waals surface area contributed by atoms with Crippen LogP contribution in [-0.4, -0.2) is 23.6 Å². The average molecular weight is 353 g/mol. The number of rotatable bonds is 6. The van der Waals surface area contributed by atoms with E-state index >= 15 is 0 Å². The van der Waals surface area contributed by atoms with Crippen LogP contribution in [0, 0.1) is 10.1 Å². The molecule has 0 aliphatic carbocycles. The van der Waals surface area contributed by atoms with Crippen LogP contribution in [0.5, 0.6) is 0 Å². The van der Waals surface area contributed by atoms with Gasteiger partial charge in [-0.3, -0.25) is 14.9 Å². The van der Waals surface area contributed by atoms with Gasteiger partial charge in [-0.15, -0.1) is 0 Å². The summed E-state index contributed by atoms with van der Waals surface area (Å²) in [5.74, 6) is -3.25. The first-order chi connectivity index (χ1) is 11.4. The molecule has 2 rings (SSSR count). The van der Waals surface area contributed by atoms with Crippen LogP contribution in [0.1, 0.15) is 10.4 Å². The van der Waals surface area contributed by atoms with Crippen molar-refractivity contribution in [2.75, 3.05) is 17.7 Å². The van der Waals surface area contributed by atoms with Crippen LogP contribution < -0.4 is 10.6 Å². The topological polar surface area (TPSA) is 84.3 Å². The van der Waals surface area contributed by atoms with Gasteiger partial charge in [0.05, 0.1) is 10.6 Å². The van der Waals surface area contributed by atoms with E-state index in [0.717, 1.165) is 6.07 Å². The Labute approximate surface area is 140 Å². The number of thioether (sulfide) groups is 1. The molecule has 6 nitrogen and oxygen atoms in total. The number of nitro groups is 1. The van der Waals surface area contributed by atoms with Crippen molar-refractivity contribution in [3.63, 3.8) is 0 Å². The van der Waals surface area contributed by atoms with E-state index in [-0.39, 0.29) is 27.5 Å². The predicted octanol–water partition coefficient (Wildman–Crippen LogP) is 4.20. The number of hydrogen-bond acceptors (Lipinski definition) is 5. The molecule has 0 aliphatic rings. The Balaban J connectivity index is 2.28. The summed E-state index contributed by atoms with van der Waals surface area (Å²) in [6.07, 6.45) is 0. The molecule has 0 radical (unpaired) electrons. The van der Waals surface area contributed by atoms with Crippen LogP contribution >= 0.6 is 11.8 Å². The second kappa shape index (κ2) is 7.73. The van der Waals surface area contributed by atoms with E-state index in [1.807, 2.05) is 0 Å². The summed E-state index contributed by atoms with van der Waals surface area (Å²) in [6.45, 7) is 0. The van der Waals surface area contributed by atoms with Gasteiger partial charge in [-0.25, -0.2) is 0 Å². The van der Waals surface area contributed by atoms with Gasteiger partial charge >= 0.3 is 0 Å². The van der Waals surface area contributed by atoms with Crippen molar-refractivity contribution in [3.8, 4) is 0 Å². The minimum absolute atomic E-state index is 0.0533. The lowest BCUT2D eigenvalue weighted by atomic mass is 10.1. The molecule has 0 fully saturated rings. The summed E-state index contributed by atoms with van der Waals surface area (Å²) in [6, 6.07) is 10.1. The van der Waals surface area contributed by atoms with Gasteiger partial charge in [-0.2, -0.15) is 8.78 Å². The van der Waals surface area contributed by atoms with E-state index < -0.39 is 16.6 Å². The molecule has 0 unspecified atom stereocenters. The summed E-state index contributed by atoms with van der Waals surface area (Å²) >= 11 is 0.310. The van der Waals surface area contributed by atoms with Gasteiger partial charge in [0.1, 0.15) is 5.69 Å². The number of para-hydroxylation sites is 1. The van der Waals surface area contributed by atoms with E-state index in [2.05, 4.69) is 10.6 Å². The number of carbonyl (C=O) groups is 1. The van der Waals surface area contributed by atoms with Crippen LogP contribution in [0.25, 0.3) is 0 Å². The Morgan fingerprint density at radius 3 is 2.54 bits per heavy atom. The van der Waals surface area contributed by atoms with Crippen LogP contribution in [0.3, 0.4) is 0 Å². The fraction of sp³-hybridized carbons (Fsp3) is 0.133. The minimum Gasteiger partial charge on any atom is -0.383 e. The van der Waals surface area contributed by atoms with E-state index in [4.69, 9.17) is 0 Å². The highest BCUT2D eigenvalue weighted by Crippen LogP contribution is 2.32. The molecule has 24 heavy (non-hydrogen) atoms. The van der Waals surface area contributed by atoms with Gasteiger partial charge in [0.25, 0.3) is 17.4 Å². The summed E-state index contributed by atoms with van der Waals surface area (Å²) in [4.78, 5) is 22.9. The first kappa shape index (κ1) is 17.7. The summed E-state index contributed by atoms with van der Waals surface area (Å²) in [7, 11) is 1.53. The summed E-state index contributed by atoms with van der Waals surface area (Å²) in [5, 5.41) is 16.2.